The van der Waals surface area contributed by atoms with E-state index in [4.69, 9.17) is 0 Å². The van der Waals surface area contributed by atoms with Gasteiger partial charge in [-0.3, -0.25) is 13.9 Å². The molecule has 4 rings (SSSR count). The lowest BCUT2D eigenvalue weighted by molar-refractivity contribution is -0.140. The fourth-order valence-corrected chi connectivity index (χ4v) is 6.69. The summed E-state index contributed by atoms with van der Waals surface area (Å²) in [5, 5.41) is 3.07. The number of benzene rings is 4. The van der Waals surface area contributed by atoms with Crippen LogP contribution in [0.4, 0.5) is 5.69 Å². The van der Waals surface area contributed by atoms with Gasteiger partial charge in [-0.05, 0) is 87.6 Å². The molecule has 0 radical (unpaired) electrons. The highest BCUT2D eigenvalue weighted by atomic mass is 32.2. The normalized spacial score (nSPS) is 12.3. The van der Waals surface area contributed by atoms with Crippen molar-refractivity contribution in [2.24, 2.45) is 0 Å². The first kappa shape index (κ1) is 33.5. The van der Waals surface area contributed by atoms with Crippen LogP contribution in [0.2, 0.25) is 0 Å². The molecule has 0 aliphatic carbocycles. The van der Waals surface area contributed by atoms with E-state index in [-0.39, 0.29) is 23.8 Å². The van der Waals surface area contributed by atoms with Gasteiger partial charge in [-0.2, -0.15) is 0 Å². The molecule has 4 aromatic carbocycles. The highest BCUT2D eigenvalue weighted by Gasteiger charge is 2.36. The smallest absolute Gasteiger partial charge is 0.264 e. The Bertz CT molecular complexity index is 1730. The van der Waals surface area contributed by atoms with Gasteiger partial charge in [0.2, 0.25) is 11.8 Å². The van der Waals surface area contributed by atoms with E-state index in [1.54, 1.807) is 24.3 Å². The summed E-state index contributed by atoms with van der Waals surface area (Å²) in [5.41, 5.74) is 4.17. The van der Waals surface area contributed by atoms with Crippen LogP contribution in [0, 0.1) is 20.8 Å². The Hall–Kier alpha value is -4.43. The van der Waals surface area contributed by atoms with Gasteiger partial charge in [0, 0.05) is 18.5 Å². The molecule has 0 bridgehead atoms. The second-order valence-corrected chi connectivity index (χ2v) is 14.4. The van der Waals surface area contributed by atoms with E-state index in [0.29, 0.717) is 11.3 Å². The first-order valence-electron chi connectivity index (χ1n) is 15.1. The summed E-state index contributed by atoms with van der Waals surface area (Å²) >= 11 is 0. The Labute approximate surface area is 268 Å². The molecule has 0 aliphatic rings. The maximum Gasteiger partial charge on any atom is 0.264 e. The molecule has 0 saturated heterocycles. The average molecular weight is 626 g/mol. The standard InChI is InChI=1S/C37H43N3O4S/c1-27-21-22-29(3)33(23-27)40(45(43,44)32-19-11-8-12-20-32)26-35(41)39(25-31-18-14-13-15-28(31)2)34(36(42)38-37(4,5)6)24-30-16-9-7-10-17-30/h7-23,34H,24-26H2,1-6H3,(H,38,42)/t34-/m1/s1. The van der Waals surface area contributed by atoms with Crippen molar-refractivity contribution in [3.05, 3.63) is 131 Å². The van der Waals surface area contributed by atoms with Crippen molar-refractivity contribution in [1.82, 2.24) is 10.2 Å². The minimum absolute atomic E-state index is 0.0791. The van der Waals surface area contributed by atoms with Crippen LogP contribution in [0.5, 0.6) is 0 Å². The number of carbonyl (C=O) groups excluding carboxylic acids is 2. The molecule has 0 fully saturated rings. The maximum atomic E-state index is 14.7. The summed E-state index contributed by atoms with van der Waals surface area (Å²) in [7, 11) is -4.15. The van der Waals surface area contributed by atoms with E-state index in [9.17, 15) is 18.0 Å². The molecule has 0 saturated carbocycles. The molecule has 0 heterocycles. The van der Waals surface area contributed by atoms with Gasteiger partial charge in [0.05, 0.1) is 10.6 Å². The minimum Gasteiger partial charge on any atom is -0.350 e. The summed E-state index contributed by atoms with van der Waals surface area (Å²) in [6.07, 6.45) is 0.259. The molecule has 0 unspecified atom stereocenters. The molecule has 236 valence electrons. The Morgan fingerprint density at radius 1 is 0.778 bits per heavy atom. The van der Waals surface area contributed by atoms with Crippen molar-refractivity contribution >= 4 is 27.5 Å². The number of sulfonamides is 1. The van der Waals surface area contributed by atoms with E-state index in [0.717, 1.165) is 22.3 Å². The molecule has 45 heavy (non-hydrogen) atoms. The lowest BCUT2D eigenvalue weighted by Crippen LogP contribution is -2.56. The quantitative estimate of drug-likeness (QED) is 0.210. The van der Waals surface area contributed by atoms with Crippen LogP contribution in [0.3, 0.4) is 0 Å². The van der Waals surface area contributed by atoms with Gasteiger partial charge in [0.15, 0.2) is 0 Å². The molecule has 1 atom stereocenters. The predicted molar refractivity (Wildman–Crippen MR) is 180 cm³/mol. The third-order valence-corrected chi connectivity index (χ3v) is 9.39. The van der Waals surface area contributed by atoms with Crippen molar-refractivity contribution < 1.29 is 18.0 Å². The number of nitrogens with one attached hydrogen (secondary N) is 1. The predicted octanol–water partition coefficient (Wildman–Crippen LogP) is 6.36. The lowest BCUT2D eigenvalue weighted by atomic mass is 10.00. The summed E-state index contributed by atoms with van der Waals surface area (Å²) in [5.74, 6) is -0.791. The van der Waals surface area contributed by atoms with Gasteiger partial charge in [-0.1, -0.05) is 84.9 Å². The molecule has 0 aliphatic heterocycles. The number of nitrogens with zero attached hydrogens (tertiary/aromatic N) is 2. The SMILES string of the molecule is Cc1ccc(C)c(N(CC(=O)N(Cc2ccccc2C)[C@H](Cc2ccccc2)C(=O)NC(C)(C)C)S(=O)(=O)c2ccccc2)c1. The van der Waals surface area contributed by atoms with Gasteiger partial charge in [-0.25, -0.2) is 8.42 Å². The van der Waals surface area contributed by atoms with Crippen molar-refractivity contribution in [2.75, 3.05) is 10.8 Å². The topological polar surface area (TPSA) is 86.8 Å². The number of aryl methyl sites for hydroxylation is 3. The van der Waals surface area contributed by atoms with Crippen molar-refractivity contribution in [1.29, 1.82) is 0 Å². The Morgan fingerprint density at radius 3 is 2.00 bits per heavy atom. The molecule has 8 heteroatoms. The van der Waals surface area contributed by atoms with Crippen LogP contribution in [0.25, 0.3) is 0 Å². The second-order valence-electron chi connectivity index (χ2n) is 12.5. The van der Waals surface area contributed by atoms with Crippen LogP contribution < -0.4 is 9.62 Å². The monoisotopic (exact) mass is 625 g/mol. The first-order chi connectivity index (χ1) is 21.3. The zero-order valence-corrected chi connectivity index (χ0v) is 27.8. The van der Waals surface area contributed by atoms with Crippen LogP contribution in [0.1, 0.15) is 48.6 Å². The highest BCUT2D eigenvalue weighted by Crippen LogP contribution is 2.29. The van der Waals surface area contributed by atoms with Gasteiger partial charge in [0.1, 0.15) is 12.6 Å². The fourth-order valence-electron chi connectivity index (χ4n) is 5.20. The van der Waals surface area contributed by atoms with Crippen LogP contribution in [0.15, 0.2) is 108 Å². The molecule has 0 aromatic heterocycles. The number of hydrogen-bond donors (Lipinski definition) is 1. The summed E-state index contributed by atoms with van der Waals surface area (Å²) < 4.78 is 29.6. The number of hydrogen-bond acceptors (Lipinski definition) is 4. The van der Waals surface area contributed by atoms with E-state index < -0.39 is 34.1 Å². The van der Waals surface area contributed by atoms with Crippen molar-refractivity contribution in [2.45, 2.75) is 71.0 Å². The molecule has 2 amide bonds. The highest BCUT2D eigenvalue weighted by molar-refractivity contribution is 7.92. The third kappa shape index (κ3) is 8.60. The number of anilines is 1. The minimum atomic E-state index is -4.15. The summed E-state index contributed by atoms with van der Waals surface area (Å²) in [6.45, 7) is 11.0. The van der Waals surface area contributed by atoms with Gasteiger partial charge in [-0.15, -0.1) is 0 Å². The number of amides is 2. The Morgan fingerprint density at radius 2 is 1.38 bits per heavy atom. The van der Waals surface area contributed by atoms with Gasteiger partial charge in [0.25, 0.3) is 10.0 Å². The average Bonchev–Trinajstić information content (AvgIpc) is 2.99. The zero-order valence-electron chi connectivity index (χ0n) is 26.9. The lowest BCUT2D eigenvalue weighted by Gasteiger charge is -2.36. The van der Waals surface area contributed by atoms with E-state index in [1.165, 1.54) is 21.3 Å². The third-order valence-electron chi connectivity index (χ3n) is 7.61. The number of rotatable bonds is 11. The molecule has 4 aromatic rings. The maximum absolute atomic E-state index is 14.7. The van der Waals surface area contributed by atoms with Crippen LogP contribution >= 0.6 is 0 Å². The van der Waals surface area contributed by atoms with E-state index >= 15 is 0 Å². The van der Waals surface area contributed by atoms with Gasteiger partial charge >= 0.3 is 0 Å². The second kappa shape index (κ2) is 14.1. The molecular formula is C37H43N3O4S. The summed E-state index contributed by atoms with van der Waals surface area (Å²) in [6, 6.07) is 30.0. The molecule has 0 spiro atoms. The fraction of sp³-hybridized carbons (Fsp3) is 0.297. The Balaban J connectivity index is 1.85. The first-order valence-corrected chi connectivity index (χ1v) is 16.6. The zero-order chi connectivity index (χ0) is 32.8. The van der Waals surface area contributed by atoms with Crippen LogP contribution in [-0.2, 0) is 32.6 Å². The Kier molecular flexibility index (Phi) is 10.5. The van der Waals surface area contributed by atoms with E-state index in [1.807, 2.05) is 108 Å². The van der Waals surface area contributed by atoms with Crippen molar-refractivity contribution in [3.63, 3.8) is 0 Å². The molecular weight excluding hydrogens is 582 g/mol. The van der Waals surface area contributed by atoms with E-state index in [2.05, 4.69) is 5.32 Å². The van der Waals surface area contributed by atoms with Gasteiger partial charge < -0.3 is 10.2 Å². The molecule has 1 N–H and O–H groups in total. The number of carbonyl (C=O) groups is 2. The molecule has 7 nitrogen and oxygen atoms in total. The van der Waals surface area contributed by atoms with Crippen molar-refractivity contribution in [3.8, 4) is 0 Å². The largest absolute Gasteiger partial charge is 0.350 e. The summed E-state index contributed by atoms with van der Waals surface area (Å²) in [4.78, 5) is 30.3. The van der Waals surface area contributed by atoms with Crippen LogP contribution in [-0.4, -0.2) is 43.3 Å².